The Morgan fingerprint density at radius 2 is 1.96 bits per heavy atom. The number of nitrogens with one attached hydrogen (secondary N) is 1. The lowest BCUT2D eigenvalue weighted by atomic mass is 10.2. The first-order valence-electron chi connectivity index (χ1n) is 7.14. The zero-order valence-corrected chi connectivity index (χ0v) is 12.9. The average Bonchev–Trinajstić information content (AvgIpc) is 2.61. The van der Waals surface area contributed by atoms with E-state index in [1.165, 1.54) is 11.0 Å². The van der Waals surface area contributed by atoms with E-state index in [4.69, 9.17) is 9.47 Å². The van der Waals surface area contributed by atoms with Gasteiger partial charge in [-0.2, -0.15) is 0 Å². The fourth-order valence-corrected chi connectivity index (χ4v) is 2.35. The van der Waals surface area contributed by atoms with Crippen LogP contribution in [-0.4, -0.2) is 23.9 Å². The summed E-state index contributed by atoms with van der Waals surface area (Å²) < 4.78 is 11.9. The third-order valence-corrected chi connectivity index (χ3v) is 3.60. The number of ether oxygens (including phenoxy) is 2. The molecule has 0 saturated heterocycles. The third-order valence-electron chi connectivity index (χ3n) is 3.60. The summed E-state index contributed by atoms with van der Waals surface area (Å²) in [5.74, 6) is 1.41. The Balaban J connectivity index is 1.86. The minimum Gasteiger partial charge on any atom is -0.497 e. The largest absolute Gasteiger partial charge is 0.497 e. The summed E-state index contributed by atoms with van der Waals surface area (Å²) in [4.78, 5) is 16.7. The number of benzene rings is 2. The molecule has 1 N–H and O–H groups in total. The molecule has 6 heteroatoms. The van der Waals surface area contributed by atoms with Crippen molar-refractivity contribution in [2.45, 2.75) is 6.54 Å². The van der Waals surface area contributed by atoms with Crippen molar-refractivity contribution in [3.8, 4) is 11.5 Å². The maximum absolute atomic E-state index is 12.4. The highest BCUT2D eigenvalue weighted by molar-refractivity contribution is 5.76. The minimum absolute atomic E-state index is 0.136. The molecule has 0 fully saturated rings. The normalized spacial score (nSPS) is 10.5. The minimum atomic E-state index is -0.136. The Kier molecular flexibility index (Phi) is 4.14. The third kappa shape index (κ3) is 2.96. The van der Waals surface area contributed by atoms with E-state index in [1.54, 1.807) is 26.4 Å². The highest BCUT2D eigenvalue weighted by Gasteiger charge is 2.07. The number of hydrogen-bond acceptors (Lipinski definition) is 5. The van der Waals surface area contributed by atoms with Crippen LogP contribution in [0.3, 0.4) is 0 Å². The number of methoxy groups -OCH3 is 2. The van der Waals surface area contributed by atoms with Crippen molar-refractivity contribution >= 4 is 10.9 Å². The van der Waals surface area contributed by atoms with Crippen LogP contribution in [0.2, 0.25) is 0 Å². The van der Waals surface area contributed by atoms with E-state index in [9.17, 15) is 4.79 Å². The second-order valence-electron chi connectivity index (χ2n) is 4.95. The number of para-hydroxylation sites is 1. The van der Waals surface area contributed by atoms with Gasteiger partial charge in [0.1, 0.15) is 17.8 Å². The SMILES string of the molecule is COc1ccc(CNn2cnc3ccccc3c2=O)c(OC)c1. The zero-order valence-electron chi connectivity index (χ0n) is 12.9. The van der Waals surface area contributed by atoms with Gasteiger partial charge in [0.2, 0.25) is 0 Å². The van der Waals surface area contributed by atoms with Crippen molar-refractivity contribution in [3.05, 3.63) is 64.7 Å². The monoisotopic (exact) mass is 311 g/mol. The Labute approximate surface area is 133 Å². The van der Waals surface area contributed by atoms with E-state index in [0.29, 0.717) is 23.2 Å². The van der Waals surface area contributed by atoms with Gasteiger partial charge in [0.25, 0.3) is 5.56 Å². The molecule has 0 aliphatic heterocycles. The molecule has 0 atom stereocenters. The van der Waals surface area contributed by atoms with Gasteiger partial charge in [-0.15, -0.1) is 0 Å². The molecule has 0 aliphatic rings. The molecule has 6 nitrogen and oxygen atoms in total. The van der Waals surface area contributed by atoms with Gasteiger partial charge < -0.3 is 14.9 Å². The molecule has 2 aromatic carbocycles. The van der Waals surface area contributed by atoms with Crippen LogP contribution in [0.4, 0.5) is 0 Å². The molecule has 118 valence electrons. The first kappa shape index (κ1) is 14.9. The van der Waals surface area contributed by atoms with Gasteiger partial charge in [0, 0.05) is 11.6 Å². The van der Waals surface area contributed by atoms with Crippen LogP contribution < -0.4 is 20.5 Å². The van der Waals surface area contributed by atoms with Crippen molar-refractivity contribution in [1.29, 1.82) is 0 Å². The van der Waals surface area contributed by atoms with Gasteiger partial charge >= 0.3 is 0 Å². The van der Waals surface area contributed by atoms with E-state index in [0.717, 1.165) is 11.3 Å². The number of aromatic nitrogens is 2. The molecule has 3 rings (SSSR count). The number of hydrogen-bond donors (Lipinski definition) is 1. The Hall–Kier alpha value is -3.02. The molecular formula is C17H17N3O3. The molecule has 3 aromatic rings. The summed E-state index contributed by atoms with van der Waals surface area (Å²) in [6.07, 6.45) is 1.49. The predicted octanol–water partition coefficient (Wildman–Crippen LogP) is 2.16. The highest BCUT2D eigenvalue weighted by atomic mass is 16.5. The van der Waals surface area contributed by atoms with Crippen molar-refractivity contribution in [3.63, 3.8) is 0 Å². The molecule has 1 heterocycles. The van der Waals surface area contributed by atoms with Crippen LogP contribution in [-0.2, 0) is 6.54 Å². The van der Waals surface area contributed by atoms with Crippen molar-refractivity contribution in [1.82, 2.24) is 9.66 Å². The molecule has 23 heavy (non-hydrogen) atoms. The molecule has 0 amide bonds. The number of rotatable bonds is 5. The van der Waals surface area contributed by atoms with E-state index in [2.05, 4.69) is 10.4 Å². The maximum atomic E-state index is 12.4. The van der Waals surface area contributed by atoms with Gasteiger partial charge in [-0.25, -0.2) is 9.66 Å². The lowest BCUT2D eigenvalue weighted by molar-refractivity contribution is 0.391. The molecule has 0 bridgehead atoms. The van der Waals surface area contributed by atoms with E-state index >= 15 is 0 Å². The van der Waals surface area contributed by atoms with Crippen LogP contribution in [0.5, 0.6) is 11.5 Å². The summed E-state index contributed by atoms with van der Waals surface area (Å²) in [5.41, 5.74) is 4.51. The first-order chi connectivity index (χ1) is 11.2. The molecule has 0 aliphatic carbocycles. The van der Waals surface area contributed by atoms with E-state index in [1.807, 2.05) is 30.3 Å². The summed E-state index contributed by atoms with van der Waals surface area (Å²) >= 11 is 0. The van der Waals surface area contributed by atoms with Gasteiger partial charge in [-0.3, -0.25) is 4.79 Å². The summed E-state index contributed by atoms with van der Waals surface area (Å²) in [7, 11) is 3.20. The van der Waals surface area contributed by atoms with Crippen LogP contribution in [0.15, 0.2) is 53.6 Å². The molecular weight excluding hydrogens is 294 g/mol. The number of nitrogens with zero attached hydrogens (tertiary/aromatic N) is 2. The average molecular weight is 311 g/mol. The Bertz CT molecular complexity index is 890. The molecule has 0 radical (unpaired) electrons. The van der Waals surface area contributed by atoms with E-state index < -0.39 is 0 Å². The van der Waals surface area contributed by atoms with Gasteiger partial charge in [0.05, 0.1) is 31.7 Å². The fraction of sp³-hybridized carbons (Fsp3) is 0.176. The van der Waals surface area contributed by atoms with Crippen LogP contribution in [0.25, 0.3) is 10.9 Å². The standard InChI is InChI=1S/C17H17N3O3/c1-22-13-8-7-12(16(9-13)23-2)10-19-20-11-18-15-6-4-3-5-14(15)17(20)21/h3-9,11,19H,10H2,1-2H3. The smallest absolute Gasteiger partial charge is 0.279 e. The van der Waals surface area contributed by atoms with Gasteiger partial charge in [0.15, 0.2) is 0 Å². The zero-order chi connectivity index (χ0) is 16.2. The highest BCUT2D eigenvalue weighted by Crippen LogP contribution is 2.24. The Morgan fingerprint density at radius 3 is 2.74 bits per heavy atom. The van der Waals surface area contributed by atoms with Crippen LogP contribution in [0, 0.1) is 0 Å². The summed E-state index contributed by atoms with van der Waals surface area (Å²) in [6.45, 7) is 0.424. The summed E-state index contributed by atoms with van der Waals surface area (Å²) in [5, 5.41) is 0.573. The second-order valence-corrected chi connectivity index (χ2v) is 4.95. The molecule has 1 aromatic heterocycles. The first-order valence-corrected chi connectivity index (χ1v) is 7.14. The maximum Gasteiger partial charge on any atom is 0.279 e. The van der Waals surface area contributed by atoms with Gasteiger partial charge in [-0.05, 0) is 24.3 Å². The lowest BCUT2D eigenvalue weighted by Crippen LogP contribution is -2.29. The van der Waals surface area contributed by atoms with Crippen LogP contribution >= 0.6 is 0 Å². The molecule has 0 spiro atoms. The lowest BCUT2D eigenvalue weighted by Gasteiger charge is -2.13. The fourth-order valence-electron chi connectivity index (χ4n) is 2.35. The van der Waals surface area contributed by atoms with Crippen LogP contribution in [0.1, 0.15) is 5.56 Å². The predicted molar refractivity (Wildman–Crippen MR) is 88.6 cm³/mol. The summed E-state index contributed by atoms with van der Waals surface area (Å²) in [6, 6.07) is 12.8. The number of fused-ring (bicyclic) bond motifs is 1. The van der Waals surface area contributed by atoms with Crippen molar-refractivity contribution in [2.24, 2.45) is 0 Å². The quantitative estimate of drug-likeness (QED) is 0.782. The van der Waals surface area contributed by atoms with Crippen molar-refractivity contribution < 1.29 is 9.47 Å². The second kappa shape index (κ2) is 6.39. The molecule has 0 saturated carbocycles. The Morgan fingerprint density at radius 1 is 1.13 bits per heavy atom. The van der Waals surface area contributed by atoms with Crippen molar-refractivity contribution in [2.75, 3.05) is 19.6 Å². The topological polar surface area (TPSA) is 65.4 Å². The van der Waals surface area contributed by atoms with Gasteiger partial charge in [-0.1, -0.05) is 12.1 Å². The molecule has 0 unspecified atom stereocenters. The van der Waals surface area contributed by atoms with E-state index in [-0.39, 0.29) is 5.56 Å².